The van der Waals surface area contributed by atoms with E-state index >= 15 is 0 Å². The van der Waals surface area contributed by atoms with Gasteiger partial charge in [-0.3, -0.25) is 9.59 Å². The molecule has 0 radical (unpaired) electrons. The molecule has 1 saturated heterocycles. The van der Waals surface area contributed by atoms with Crippen molar-refractivity contribution in [2.24, 2.45) is 11.3 Å². The molecule has 16 heavy (non-hydrogen) atoms. The molecule has 1 rings (SSSR count). The Kier molecular flexibility index (Phi) is 3.76. The van der Waals surface area contributed by atoms with Gasteiger partial charge in [-0.1, -0.05) is 27.7 Å². The van der Waals surface area contributed by atoms with Crippen LogP contribution in [-0.4, -0.2) is 29.2 Å². The summed E-state index contributed by atoms with van der Waals surface area (Å²) in [7, 11) is 0. The van der Waals surface area contributed by atoms with Gasteiger partial charge in [0.2, 0.25) is 5.91 Å². The molecule has 0 aromatic carbocycles. The number of nitrogens with zero attached hydrogens (tertiary/aromatic N) is 1. The Bertz CT molecular complexity index is 291. The Morgan fingerprint density at radius 2 is 1.88 bits per heavy atom. The van der Waals surface area contributed by atoms with Crippen molar-refractivity contribution >= 4 is 11.7 Å². The minimum Gasteiger partial charge on any atom is -0.332 e. The van der Waals surface area contributed by atoms with Crippen LogP contribution in [0.25, 0.3) is 0 Å². The normalized spacial score (nSPS) is 23.3. The maximum Gasteiger partial charge on any atom is 0.226 e. The molecular formula is C13H23NO2. The molecule has 0 aliphatic carbocycles. The lowest BCUT2D eigenvalue weighted by molar-refractivity contribution is -0.142. The number of hydrogen-bond donors (Lipinski definition) is 0. The van der Waals surface area contributed by atoms with Gasteiger partial charge in [-0.15, -0.1) is 0 Å². The predicted molar refractivity (Wildman–Crippen MR) is 64.0 cm³/mol. The van der Waals surface area contributed by atoms with Crippen LogP contribution in [0.5, 0.6) is 0 Å². The van der Waals surface area contributed by atoms with Crippen molar-refractivity contribution in [3.63, 3.8) is 0 Å². The molecule has 0 saturated carbocycles. The molecule has 1 aliphatic rings. The molecule has 1 aliphatic heterocycles. The molecule has 1 fully saturated rings. The molecule has 3 nitrogen and oxygen atoms in total. The summed E-state index contributed by atoms with van der Waals surface area (Å²) in [6.45, 7) is 10.5. The quantitative estimate of drug-likeness (QED) is 0.723. The van der Waals surface area contributed by atoms with Gasteiger partial charge in [0, 0.05) is 12.5 Å². The lowest BCUT2D eigenvalue weighted by Crippen LogP contribution is -2.45. The van der Waals surface area contributed by atoms with E-state index in [2.05, 4.69) is 20.8 Å². The summed E-state index contributed by atoms with van der Waals surface area (Å²) in [5, 5.41) is 0. The molecule has 3 heteroatoms. The summed E-state index contributed by atoms with van der Waals surface area (Å²) < 4.78 is 0. The third-order valence-electron chi connectivity index (χ3n) is 3.67. The second-order valence-electron chi connectivity index (χ2n) is 5.89. The van der Waals surface area contributed by atoms with E-state index in [1.54, 1.807) is 11.8 Å². The number of amides is 1. The number of hydrogen-bond acceptors (Lipinski definition) is 2. The molecule has 0 aromatic rings. The SMILES string of the molecule is CC(=O)C1CCCN1C(=O)[C@@H](C)C(C)(C)C. The Labute approximate surface area is 98.2 Å². The third kappa shape index (κ3) is 2.63. The van der Waals surface area contributed by atoms with Gasteiger partial charge in [0.1, 0.15) is 0 Å². The maximum absolute atomic E-state index is 12.3. The number of Topliss-reactive ketones (excluding diaryl/α,β-unsaturated/α-hetero) is 1. The van der Waals surface area contributed by atoms with Gasteiger partial charge in [-0.05, 0) is 25.2 Å². The van der Waals surface area contributed by atoms with E-state index < -0.39 is 0 Å². The van der Waals surface area contributed by atoms with Crippen LogP contribution in [0, 0.1) is 11.3 Å². The summed E-state index contributed by atoms with van der Waals surface area (Å²) >= 11 is 0. The second kappa shape index (κ2) is 4.56. The zero-order valence-corrected chi connectivity index (χ0v) is 11.0. The molecule has 1 unspecified atom stereocenters. The van der Waals surface area contributed by atoms with Gasteiger partial charge in [-0.25, -0.2) is 0 Å². The highest BCUT2D eigenvalue weighted by atomic mass is 16.2. The highest BCUT2D eigenvalue weighted by molar-refractivity contribution is 5.89. The molecule has 92 valence electrons. The van der Waals surface area contributed by atoms with Gasteiger partial charge >= 0.3 is 0 Å². The van der Waals surface area contributed by atoms with Crippen molar-refractivity contribution in [1.82, 2.24) is 4.90 Å². The first-order chi connectivity index (χ1) is 7.25. The molecule has 2 atom stereocenters. The van der Waals surface area contributed by atoms with Crippen LogP contribution in [0.1, 0.15) is 47.5 Å². The zero-order valence-electron chi connectivity index (χ0n) is 11.0. The monoisotopic (exact) mass is 225 g/mol. The van der Waals surface area contributed by atoms with Crippen molar-refractivity contribution in [3.8, 4) is 0 Å². The molecule has 0 aromatic heterocycles. The van der Waals surface area contributed by atoms with E-state index in [9.17, 15) is 9.59 Å². The maximum atomic E-state index is 12.3. The van der Waals surface area contributed by atoms with E-state index in [1.807, 2.05) is 6.92 Å². The standard InChI is InChI=1S/C13H23NO2/c1-9(13(3,4)5)12(16)14-8-6-7-11(14)10(2)15/h9,11H,6-8H2,1-5H3/t9-,11?/m1/s1. The van der Waals surface area contributed by atoms with E-state index in [0.29, 0.717) is 0 Å². The fraction of sp³-hybridized carbons (Fsp3) is 0.846. The molecule has 0 N–H and O–H groups in total. The largest absolute Gasteiger partial charge is 0.332 e. The van der Waals surface area contributed by atoms with Crippen LogP contribution in [0.3, 0.4) is 0 Å². The summed E-state index contributed by atoms with van der Waals surface area (Å²) in [5.74, 6) is 0.213. The van der Waals surface area contributed by atoms with Crippen molar-refractivity contribution in [2.75, 3.05) is 6.54 Å². The van der Waals surface area contributed by atoms with Crippen LogP contribution in [0.2, 0.25) is 0 Å². The third-order valence-corrected chi connectivity index (χ3v) is 3.67. The van der Waals surface area contributed by atoms with Crippen LogP contribution in [-0.2, 0) is 9.59 Å². The van der Waals surface area contributed by atoms with Gasteiger partial charge in [-0.2, -0.15) is 0 Å². The average Bonchev–Trinajstić information content (AvgIpc) is 2.62. The Morgan fingerprint density at radius 3 is 2.31 bits per heavy atom. The van der Waals surface area contributed by atoms with Gasteiger partial charge in [0.25, 0.3) is 0 Å². The molecule has 1 amide bonds. The minimum atomic E-state index is -0.169. The first-order valence-electron chi connectivity index (χ1n) is 6.06. The Hall–Kier alpha value is -0.860. The van der Waals surface area contributed by atoms with Crippen molar-refractivity contribution in [3.05, 3.63) is 0 Å². The minimum absolute atomic E-state index is 0.0348. The lowest BCUT2D eigenvalue weighted by atomic mass is 9.81. The number of carbonyl (C=O) groups excluding carboxylic acids is 2. The van der Waals surface area contributed by atoms with Crippen molar-refractivity contribution in [2.45, 2.75) is 53.5 Å². The fourth-order valence-corrected chi connectivity index (χ4v) is 2.07. The van der Waals surface area contributed by atoms with Crippen LogP contribution >= 0.6 is 0 Å². The van der Waals surface area contributed by atoms with E-state index in [-0.39, 0.29) is 29.1 Å². The topological polar surface area (TPSA) is 37.4 Å². The smallest absolute Gasteiger partial charge is 0.226 e. The Balaban J connectivity index is 2.77. The summed E-state index contributed by atoms with van der Waals surface area (Å²) in [4.78, 5) is 25.5. The highest BCUT2D eigenvalue weighted by Gasteiger charge is 2.37. The molecule has 1 heterocycles. The van der Waals surface area contributed by atoms with Gasteiger partial charge < -0.3 is 4.90 Å². The first-order valence-corrected chi connectivity index (χ1v) is 6.06. The molecule has 0 bridgehead atoms. The van der Waals surface area contributed by atoms with Crippen LogP contribution < -0.4 is 0 Å². The van der Waals surface area contributed by atoms with E-state index in [4.69, 9.17) is 0 Å². The molecule has 0 spiro atoms. The predicted octanol–water partition coefficient (Wildman–Crippen LogP) is 2.25. The van der Waals surface area contributed by atoms with Gasteiger partial charge in [0.05, 0.1) is 6.04 Å². The lowest BCUT2D eigenvalue weighted by Gasteiger charge is -2.32. The Morgan fingerprint density at radius 1 is 1.31 bits per heavy atom. The van der Waals surface area contributed by atoms with E-state index in [1.165, 1.54) is 0 Å². The number of rotatable bonds is 2. The van der Waals surface area contributed by atoms with Gasteiger partial charge in [0.15, 0.2) is 5.78 Å². The van der Waals surface area contributed by atoms with Crippen LogP contribution in [0.15, 0.2) is 0 Å². The van der Waals surface area contributed by atoms with Crippen molar-refractivity contribution < 1.29 is 9.59 Å². The number of likely N-dealkylation sites (tertiary alicyclic amines) is 1. The number of carbonyl (C=O) groups is 2. The van der Waals surface area contributed by atoms with Crippen LogP contribution in [0.4, 0.5) is 0 Å². The first kappa shape index (κ1) is 13.2. The number of ketones is 1. The molecular weight excluding hydrogens is 202 g/mol. The van der Waals surface area contributed by atoms with E-state index in [0.717, 1.165) is 19.4 Å². The zero-order chi connectivity index (χ0) is 12.5. The summed E-state index contributed by atoms with van der Waals surface area (Å²) in [6, 6.07) is -0.169. The summed E-state index contributed by atoms with van der Waals surface area (Å²) in [6.07, 6.45) is 1.78. The average molecular weight is 225 g/mol. The second-order valence-corrected chi connectivity index (χ2v) is 5.89. The fourth-order valence-electron chi connectivity index (χ4n) is 2.07. The summed E-state index contributed by atoms with van der Waals surface area (Å²) in [5.41, 5.74) is -0.0407. The van der Waals surface area contributed by atoms with Crippen molar-refractivity contribution in [1.29, 1.82) is 0 Å². The highest BCUT2D eigenvalue weighted by Crippen LogP contribution is 2.30.